The number of hydrogen-bond acceptors (Lipinski definition) is 3. The number of halogens is 1. The van der Waals surface area contributed by atoms with E-state index in [4.69, 9.17) is 9.84 Å². The van der Waals surface area contributed by atoms with E-state index in [0.29, 0.717) is 0 Å². The first-order valence-electron chi connectivity index (χ1n) is 4.85. The van der Waals surface area contributed by atoms with Crippen molar-refractivity contribution in [2.45, 2.75) is 6.92 Å². The van der Waals surface area contributed by atoms with Gasteiger partial charge < -0.3 is 15.2 Å². The van der Waals surface area contributed by atoms with Crippen LogP contribution in [0.2, 0.25) is 0 Å². The van der Waals surface area contributed by atoms with Crippen molar-refractivity contribution >= 4 is 21.6 Å². The van der Waals surface area contributed by atoms with Gasteiger partial charge >= 0.3 is 0 Å². The third-order valence-corrected chi connectivity index (χ3v) is 2.53. The Balaban J connectivity index is 2.64. The molecule has 1 aromatic carbocycles. The Bertz CT molecular complexity index is 317. The predicted octanol–water partition coefficient (Wildman–Crippen LogP) is 2.50. The minimum absolute atomic E-state index is 0.193. The van der Waals surface area contributed by atoms with E-state index in [1.165, 1.54) is 0 Å². The van der Waals surface area contributed by atoms with Crippen LogP contribution in [0, 0.1) is 5.92 Å². The average molecular weight is 274 g/mol. The van der Waals surface area contributed by atoms with E-state index >= 15 is 0 Å². The topological polar surface area (TPSA) is 41.5 Å². The first kappa shape index (κ1) is 12.3. The van der Waals surface area contributed by atoms with Crippen molar-refractivity contribution in [3.8, 4) is 5.75 Å². The summed E-state index contributed by atoms with van der Waals surface area (Å²) in [4.78, 5) is 0. The molecule has 0 radical (unpaired) electrons. The number of benzene rings is 1. The number of ether oxygens (including phenoxy) is 1. The highest BCUT2D eigenvalue weighted by Crippen LogP contribution is 2.24. The Morgan fingerprint density at radius 1 is 1.47 bits per heavy atom. The highest BCUT2D eigenvalue weighted by atomic mass is 79.9. The van der Waals surface area contributed by atoms with Gasteiger partial charge in [0, 0.05) is 29.4 Å². The van der Waals surface area contributed by atoms with E-state index in [1.54, 1.807) is 7.11 Å². The van der Waals surface area contributed by atoms with Gasteiger partial charge in [0.1, 0.15) is 5.75 Å². The third kappa shape index (κ3) is 4.10. The van der Waals surface area contributed by atoms with Gasteiger partial charge in [0.2, 0.25) is 0 Å². The van der Waals surface area contributed by atoms with E-state index in [1.807, 2.05) is 25.1 Å². The second-order valence-corrected chi connectivity index (χ2v) is 4.46. The van der Waals surface area contributed by atoms with Gasteiger partial charge in [0.15, 0.2) is 0 Å². The summed E-state index contributed by atoms with van der Waals surface area (Å²) in [5.74, 6) is 1.05. The van der Waals surface area contributed by atoms with Crippen molar-refractivity contribution in [3.05, 3.63) is 22.7 Å². The number of rotatable bonds is 5. The summed E-state index contributed by atoms with van der Waals surface area (Å²) in [6, 6.07) is 5.81. The van der Waals surface area contributed by atoms with Crippen molar-refractivity contribution in [3.63, 3.8) is 0 Å². The van der Waals surface area contributed by atoms with Crippen molar-refractivity contribution in [1.29, 1.82) is 0 Å². The van der Waals surface area contributed by atoms with E-state index in [0.717, 1.165) is 22.5 Å². The van der Waals surface area contributed by atoms with Crippen LogP contribution < -0.4 is 10.1 Å². The molecule has 0 spiro atoms. The van der Waals surface area contributed by atoms with Gasteiger partial charge in [-0.15, -0.1) is 0 Å². The molecule has 0 fully saturated rings. The zero-order chi connectivity index (χ0) is 11.3. The van der Waals surface area contributed by atoms with Crippen LogP contribution in [0.5, 0.6) is 5.75 Å². The molecule has 1 rings (SSSR count). The summed E-state index contributed by atoms with van der Waals surface area (Å²) in [5.41, 5.74) is 0.988. The standard InChI is InChI=1S/C11H16BrNO2/c1-8(7-14)6-13-10-3-9(12)4-11(5-10)15-2/h3-5,8,13-14H,6-7H2,1-2H3. The Hall–Kier alpha value is -0.740. The molecule has 2 N–H and O–H groups in total. The first-order valence-corrected chi connectivity index (χ1v) is 5.64. The van der Waals surface area contributed by atoms with Crippen LogP contribution in [0.15, 0.2) is 22.7 Å². The van der Waals surface area contributed by atoms with Crippen LogP contribution in [0.3, 0.4) is 0 Å². The molecule has 4 heteroatoms. The quantitative estimate of drug-likeness (QED) is 0.866. The summed E-state index contributed by atoms with van der Waals surface area (Å²) in [5, 5.41) is 12.1. The fourth-order valence-electron chi connectivity index (χ4n) is 1.14. The zero-order valence-corrected chi connectivity index (χ0v) is 10.5. The number of nitrogens with one attached hydrogen (secondary N) is 1. The van der Waals surface area contributed by atoms with Gasteiger partial charge in [-0.2, -0.15) is 0 Å². The maximum Gasteiger partial charge on any atom is 0.122 e. The fourth-order valence-corrected chi connectivity index (χ4v) is 1.61. The van der Waals surface area contributed by atoms with Gasteiger partial charge in [-0.3, -0.25) is 0 Å². The number of aliphatic hydroxyl groups excluding tert-OH is 1. The molecule has 0 saturated carbocycles. The minimum Gasteiger partial charge on any atom is -0.497 e. The lowest BCUT2D eigenvalue weighted by Crippen LogP contribution is -2.14. The summed E-state index contributed by atoms with van der Waals surface area (Å²) in [7, 11) is 1.64. The fraction of sp³-hybridized carbons (Fsp3) is 0.455. The molecule has 0 bridgehead atoms. The molecule has 0 aliphatic heterocycles. The van der Waals surface area contributed by atoms with Crippen molar-refractivity contribution in [2.24, 2.45) is 5.92 Å². The van der Waals surface area contributed by atoms with Crippen LogP contribution in [0.25, 0.3) is 0 Å². The molecule has 0 heterocycles. The molecule has 0 aliphatic rings. The van der Waals surface area contributed by atoms with E-state index in [-0.39, 0.29) is 12.5 Å². The molecule has 0 aliphatic carbocycles. The second-order valence-electron chi connectivity index (χ2n) is 3.55. The van der Waals surface area contributed by atoms with E-state index < -0.39 is 0 Å². The van der Waals surface area contributed by atoms with Crippen LogP contribution in [-0.4, -0.2) is 25.4 Å². The molecular formula is C11H16BrNO2. The summed E-state index contributed by atoms with van der Waals surface area (Å²) in [6.07, 6.45) is 0. The molecule has 1 atom stereocenters. The molecule has 0 amide bonds. The monoisotopic (exact) mass is 273 g/mol. The van der Waals surface area contributed by atoms with E-state index in [2.05, 4.69) is 21.2 Å². The number of anilines is 1. The lowest BCUT2D eigenvalue weighted by atomic mass is 10.2. The van der Waals surface area contributed by atoms with Crippen LogP contribution >= 0.6 is 15.9 Å². The van der Waals surface area contributed by atoms with Gasteiger partial charge in [-0.1, -0.05) is 22.9 Å². The molecule has 0 aromatic heterocycles. The molecule has 15 heavy (non-hydrogen) atoms. The first-order chi connectivity index (χ1) is 7.15. The maximum atomic E-state index is 8.89. The average Bonchev–Trinajstić information content (AvgIpc) is 2.25. The van der Waals surface area contributed by atoms with Crippen LogP contribution in [0.4, 0.5) is 5.69 Å². The second kappa shape index (κ2) is 5.98. The lowest BCUT2D eigenvalue weighted by molar-refractivity contribution is 0.244. The molecule has 3 nitrogen and oxygen atoms in total. The van der Waals surface area contributed by atoms with Gasteiger partial charge in [-0.25, -0.2) is 0 Å². The summed E-state index contributed by atoms with van der Waals surface area (Å²) < 4.78 is 6.12. The molecule has 1 aromatic rings. The molecule has 0 saturated heterocycles. The maximum absolute atomic E-state index is 8.89. The Morgan fingerprint density at radius 2 is 2.20 bits per heavy atom. The van der Waals surface area contributed by atoms with Crippen LogP contribution in [0.1, 0.15) is 6.92 Å². The van der Waals surface area contributed by atoms with Gasteiger partial charge in [-0.05, 0) is 18.1 Å². The minimum atomic E-state index is 0.193. The Morgan fingerprint density at radius 3 is 2.80 bits per heavy atom. The SMILES string of the molecule is COc1cc(Br)cc(NCC(C)CO)c1. The summed E-state index contributed by atoms with van der Waals surface area (Å²) >= 11 is 3.41. The number of aliphatic hydroxyl groups is 1. The van der Waals surface area contributed by atoms with Crippen molar-refractivity contribution in [1.82, 2.24) is 0 Å². The van der Waals surface area contributed by atoms with E-state index in [9.17, 15) is 0 Å². The Labute approximate surface area is 98.6 Å². The van der Waals surface area contributed by atoms with Crippen LogP contribution in [-0.2, 0) is 0 Å². The smallest absolute Gasteiger partial charge is 0.122 e. The van der Waals surface area contributed by atoms with Gasteiger partial charge in [0.25, 0.3) is 0 Å². The number of hydrogen-bond donors (Lipinski definition) is 2. The van der Waals surface area contributed by atoms with Crippen molar-refractivity contribution in [2.75, 3.05) is 25.6 Å². The highest BCUT2D eigenvalue weighted by Gasteiger charge is 2.02. The zero-order valence-electron chi connectivity index (χ0n) is 8.96. The van der Waals surface area contributed by atoms with Crippen molar-refractivity contribution < 1.29 is 9.84 Å². The molecular weight excluding hydrogens is 258 g/mol. The third-order valence-electron chi connectivity index (χ3n) is 2.07. The summed E-state index contributed by atoms with van der Waals surface area (Å²) in [6.45, 7) is 2.93. The molecule has 1 unspecified atom stereocenters. The van der Waals surface area contributed by atoms with Gasteiger partial charge in [0.05, 0.1) is 7.11 Å². The Kier molecular flexibility index (Phi) is 4.91. The number of methoxy groups -OCH3 is 1. The highest BCUT2D eigenvalue weighted by molar-refractivity contribution is 9.10. The normalized spacial score (nSPS) is 12.3. The molecule has 84 valence electrons. The largest absolute Gasteiger partial charge is 0.497 e. The predicted molar refractivity (Wildman–Crippen MR) is 65.4 cm³/mol. The lowest BCUT2D eigenvalue weighted by Gasteiger charge is -2.12.